The fourth-order valence-corrected chi connectivity index (χ4v) is 1.17. The number of hydrogen-bond donors (Lipinski definition) is 1. The van der Waals surface area contributed by atoms with Crippen molar-refractivity contribution in [1.29, 1.82) is 0 Å². The number of hydrogen-bond acceptors (Lipinski definition) is 3. The minimum atomic E-state index is -0.890. The topological polar surface area (TPSA) is 38.3 Å². The molecule has 3 nitrogen and oxygen atoms in total. The van der Waals surface area contributed by atoms with E-state index >= 15 is 0 Å². The first-order chi connectivity index (χ1) is 7.63. The average Bonchev–Trinajstić information content (AvgIpc) is 2.24. The van der Waals surface area contributed by atoms with Crippen molar-refractivity contribution in [3.05, 3.63) is 35.4 Å². The molecule has 0 aliphatic carbocycles. The predicted octanol–water partition coefficient (Wildman–Crippen LogP) is 1.27. The summed E-state index contributed by atoms with van der Waals surface area (Å²) >= 11 is 0. The summed E-state index contributed by atoms with van der Waals surface area (Å²) in [7, 11) is 1.64. The van der Waals surface area contributed by atoms with Gasteiger partial charge < -0.3 is 10.1 Å². The minimum absolute atomic E-state index is 0.137. The summed E-state index contributed by atoms with van der Waals surface area (Å²) in [5.74, 6) is -2.14. The SMILES string of the molecule is CNCC(=O)OCCc1ccc(F)c(F)c1. The Kier molecular flexibility index (Phi) is 4.85. The average molecular weight is 229 g/mol. The Morgan fingerprint density at radius 3 is 2.75 bits per heavy atom. The normalized spacial score (nSPS) is 10.2. The van der Waals surface area contributed by atoms with Crippen molar-refractivity contribution >= 4 is 5.97 Å². The molecule has 88 valence electrons. The number of benzene rings is 1. The fourth-order valence-electron chi connectivity index (χ4n) is 1.17. The van der Waals surface area contributed by atoms with Gasteiger partial charge in [0.05, 0.1) is 13.2 Å². The second-order valence-electron chi connectivity index (χ2n) is 3.25. The van der Waals surface area contributed by atoms with Crippen LogP contribution in [0, 0.1) is 11.6 Å². The summed E-state index contributed by atoms with van der Waals surface area (Å²) in [5.41, 5.74) is 0.594. The second-order valence-corrected chi connectivity index (χ2v) is 3.25. The van der Waals surface area contributed by atoms with Crippen LogP contribution in [-0.4, -0.2) is 26.2 Å². The van der Waals surface area contributed by atoms with Gasteiger partial charge in [0.1, 0.15) is 0 Å². The number of carbonyl (C=O) groups excluding carboxylic acids is 1. The van der Waals surface area contributed by atoms with Gasteiger partial charge >= 0.3 is 5.97 Å². The van der Waals surface area contributed by atoms with Gasteiger partial charge in [0.2, 0.25) is 0 Å². The van der Waals surface area contributed by atoms with E-state index in [0.29, 0.717) is 12.0 Å². The van der Waals surface area contributed by atoms with E-state index in [1.54, 1.807) is 7.05 Å². The first kappa shape index (κ1) is 12.6. The van der Waals surface area contributed by atoms with Gasteiger partial charge in [0, 0.05) is 6.42 Å². The quantitative estimate of drug-likeness (QED) is 0.773. The van der Waals surface area contributed by atoms with Crippen molar-refractivity contribution in [1.82, 2.24) is 5.32 Å². The van der Waals surface area contributed by atoms with Crippen molar-refractivity contribution in [3.63, 3.8) is 0 Å². The molecule has 0 saturated heterocycles. The Balaban J connectivity index is 2.37. The number of ether oxygens (including phenoxy) is 1. The second kappa shape index (κ2) is 6.17. The molecule has 0 atom stereocenters. The maximum atomic E-state index is 12.8. The lowest BCUT2D eigenvalue weighted by atomic mass is 10.1. The van der Waals surface area contributed by atoms with Gasteiger partial charge in [-0.15, -0.1) is 0 Å². The summed E-state index contributed by atoms with van der Waals surface area (Å²) in [6.45, 7) is 0.295. The lowest BCUT2D eigenvalue weighted by Gasteiger charge is -2.04. The van der Waals surface area contributed by atoms with Crippen LogP contribution in [-0.2, 0) is 16.0 Å². The summed E-state index contributed by atoms with van der Waals surface area (Å²) in [5, 5.41) is 2.65. The molecule has 0 bridgehead atoms. The van der Waals surface area contributed by atoms with Gasteiger partial charge in [0.15, 0.2) is 11.6 Å². The van der Waals surface area contributed by atoms with E-state index in [1.165, 1.54) is 6.07 Å². The molecule has 1 N–H and O–H groups in total. The van der Waals surface area contributed by atoms with Gasteiger partial charge in [-0.1, -0.05) is 6.07 Å². The van der Waals surface area contributed by atoms with E-state index < -0.39 is 11.6 Å². The fraction of sp³-hybridized carbons (Fsp3) is 0.364. The number of likely N-dealkylation sites (N-methyl/N-ethyl adjacent to an activating group) is 1. The number of halogens is 2. The van der Waals surface area contributed by atoms with E-state index in [9.17, 15) is 13.6 Å². The predicted molar refractivity (Wildman–Crippen MR) is 54.9 cm³/mol. The number of carbonyl (C=O) groups is 1. The van der Waals surface area contributed by atoms with Crippen molar-refractivity contribution in [2.24, 2.45) is 0 Å². The Bertz CT molecular complexity index is 369. The van der Waals surface area contributed by atoms with Crippen LogP contribution in [0.15, 0.2) is 18.2 Å². The van der Waals surface area contributed by atoms with Crippen LogP contribution in [0.4, 0.5) is 8.78 Å². The highest BCUT2D eigenvalue weighted by molar-refractivity contribution is 5.71. The molecule has 0 aliphatic heterocycles. The Morgan fingerprint density at radius 2 is 2.12 bits per heavy atom. The van der Waals surface area contributed by atoms with E-state index in [0.717, 1.165) is 12.1 Å². The molecule has 1 aromatic carbocycles. The summed E-state index contributed by atoms with van der Waals surface area (Å²) in [6.07, 6.45) is 0.368. The van der Waals surface area contributed by atoms with Crippen LogP contribution in [0.5, 0.6) is 0 Å². The molecular weight excluding hydrogens is 216 g/mol. The van der Waals surface area contributed by atoms with Crippen LogP contribution in [0.1, 0.15) is 5.56 Å². The first-order valence-corrected chi connectivity index (χ1v) is 4.87. The smallest absolute Gasteiger partial charge is 0.319 e. The number of nitrogens with one attached hydrogen (secondary N) is 1. The summed E-state index contributed by atoms with van der Waals surface area (Å²) in [4.78, 5) is 10.9. The Hall–Kier alpha value is -1.49. The Labute approximate surface area is 92.4 Å². The largest absolute Gasteiger partial charge is 0.464 e. The first-order valence-electron chi connectivity index (χ1n) is 4.87. The highest BCUT2D eigenvalue weighted by Gasteiger charge is 2.04. The zero-order valence-electron chi connectivity index (χ0n) is 8.93. The van der Waals surface area contributed by atoms with E-state index in [2.05, 4.69) is 5.32 Å². The molecule has 0 aromatic heterocycles. The van der Waals surface area contributed by atoms with Gasteiger partial charge in [0.25, 0.3) is 0 Å². The maximum absolute atomic E-state index is 12.8. The van der Waals surface area contributed by atoms with Crippen LogP contribution >= 0.6 is 0 Å². The number of rotatable bonds is 5. The maximum Gasteiger partial charge on any atom is 0.319 e. The Morgan fingerprint density at radius 1 is 1.38 bits per heavy atom. The lowest BCUT2D eigenvalue weighted by molar-refractivity contribution is -0.142. The van der Waals surface area contributed by atoms with Crippen molar-refractivity contribution < 1.29 is 18.3 Å². The molecular formula is C11H13F2NO2. The third-order valence-corrected chi connectivity index (χ3v) is 1.96. The van der Waals surface area contributed by atoms with Crippen molar-refractivity contribution in [2.45, 2.75) is 6.42 Å². The zero-order valence-corrected chi connectivity index (χ0v) is 8.93. The molecule has 1 aromatic rings. The van der Waals surface area contributed by atoms with Gasteiger partial charge in [-0.3, -0.25) is 4.79 Å². The van der Waals surface area contributed by atoms with Gasteiger partial charge in [-0.25, -0.2) is 8.78 Å². The standard InChI is InChI=1S/C11H13F2NO2/c1-14-7-11(15)16-5-4-8-2-3-9(12)10(13)6-8/h2-3,6,14H,4-5,7H2,1H3. The minimum Gasteiger partial charge on any atom is -0.464 e. The van der Waals surface area contributed by atoms with Crippen LogP contribution in [0.3, 0.4) is 0 Å². The number of esters is 1. The summed E-state index contributed by atoms with van der Waals surface area (Å²) in [6, 6.07) is 3.62. The van der Waals surface area contributed by atoms with Crippen molar-refractivity contribution in [3.8, 4) is 0 Å². The molecule has 0 saturated carbocycles. The molecule has 0 spiro atoms. The van der Waals surface area contributed by atoms with E-state index in [1.807, 2.05) is 0 Å². The monoisotopic (exact) mass is 229 g/mol. The summed E-state index contributed by atoms with van der Waals surface area (Å²) < 4.78 is 30.2. The molecule has 1 rings (SSSR count). The molecule has 16 heavy (non-hydrogen) atoms. The van der Waals surface area contributed by atoms with Crippen molar-refractivity contribution in [2.75, 3.05) is 20.2 Å². The van der Waals surface area contributed by atoms with Crippen LogP contribution < -0.4 is 5.32 Å². The molecule has 0 amide bonds. The lowest BCUT2D eigenvalue weighted by Crippen LogP contribution is -2.21. The zero-order chi connectivity index (χ0) is 12.0. The highest BCUT2D eigenvalue weighted by atomic mass is 19.2. The molecule has 0 fully saturated rings. The van der Waals surface area contributed by atoms with Crippen LogP contribution in [0.2, 0.25) is 0 Å². The van der Waals surface area contributed by atoms with Crippen LogP contribution in [0.25, 0.3) is 0 Å². The van der Waals surface area contributed by atoms with E-state index in [4.69, 9.17) is 4.74 Å². The molecule has 0 unspecified atom stereocenters. The highest BCUT2D eigenvalue weighted by Crippen LogP contribution is 2.09. The third kappa shape index (κ3) is 3.94. The molecule has 0 heterocycles. The molecule has 0 aliphatic rings. The van der Waals surface area contributed by atoms with E-state index in [-0.39, 0.29) is 19.1 Å². The molecule has 0 radical (unpaired) electrons. The molecule has 5 heteroatoms. The third-order valence-electron chi connectivity index (χ3n) is 1.96. The van der Waals surface area contributed by atoms with Gasteiger partial charge in [-0.2, -0.15) is 0 Å². The van der Waals surface area contributed by atoms with Gasteiger partial charge in [-0.05, 0) is 24.7 Å².